The van der Waals surface area contributed by atoms with Gasteiger partial charge < -0.3 is 10.2 Å². The summed E-state index contributed by atoms with van der Waals surface area (Å²) in [7, 11) is 0. The van der Waals surface area contributed by atoms with E-state index in [0.29, 0.717) is 24.9 Å². The van der Waals surface area contributed by atoms with Crippen molar-refractivity contribution in [2.45, 2.75) is 38.8 Å². The fourth-order valence-electron chi connectivity index (χ4n) is 3.49. The van der Waals surface area contributed by atoms with Crippen LogP contribution in [0.25, 0.3) is 10.8 Å². The van der Waals surface area contributed by atoms with Crippen LogP contribution in [0.2, 0.25) is 0 Å². The van der Waals surface area contributed by atoms with Gasteiger partial charge >= 0.3 is 5.91 Å². The maximum atomic E-state index is 13.0. The number of hydrogen-bond donors (Lipinski definition) is 1. The molecule has 3 rings (SSSR count). The van der Waals surface area contributed by atoms with Crippen LogP contribution in [-0.4, -0.2) is 46.2 Å². The van der Waals surface area contributed by atoms with Crippen molar-refractivity contribution < 1.29 is 14.4 Å². The second kappa shape index (κ2) is 8.24. The van der Waals surface area contributed by atoms with Crippen LogP contribution >= 0.6 is 0 Å². The lowest BCUT2D eigenvalue weighted by atomic mass is 10.0. The molecule has 1 aromatic carbocycles. The van der Waals surface area contributed by atoms with E-state index in [4.69, 9.17) is 0 Å². The Morgan fingerprint density at radius 1 is 1.21 bits per heavy atom. The van der Waals surface area contributed by atoms with Crippen molar-refractivity contribution in [3.63, 3.8) is 0 Å². The highest BCUT2D eigenvalue weighted by Gasteiger charge is 2.39. The van der Waals surface area contributed by atoms with E-state index in [0.717, 1.165) is 10.8 Å². The van der Waals surface area contributed by atoms with Crippen LogP contribution in [0, 0.1) is 10.8 Å². The SMILES string of the molecule is CC(C)[C@H](NC(=O)c1ccc2ccncc2c1)C(=O)N1CCC[C@H]1C(=O)N=O. The lowest BCUT2D eigenvalue weighted by molar-refractivity contribution is -0.139. The van der Waals surface area contributed by atoms with E-state index in [9.17, 15) is 19.3 Å². The van der Waals surface area contributed by atoms with Gasteiger partial charge in [0.05, 0.1) is 0 Å². The maximum absolute atomic E-state index is 13.0. The quantitative estimate of drug-likeness (QED) is 0.798. The molecule has 1 saturated heterocycles. The number of hydrogen-bond acceptors (Lipinski definition) is 5. The molecule has 2 heterocycles. The number of benzene rings is 1. The van der Waals surface area contributed by atoms with Crippen LogP contribution in [0.1, 0.15) is 37.0 Å². The van der Waals surface area contributed by atoms with Crippen molar-refractivity contribution in [3.05, 3.63) is 47.1 Å². The highest BCUT2D eigenvalue weighted by molar-refractivity contribution is 6.01. The molecule has 1 fully saturated rings. The summed E-state index contributed by atoms with van der Waals surface area (Å²) in [6.45, 7) is 4.00. The van der Waals surface area contributed by atoms with Crippen molar-refractivity contribution in [1.29, 1.82) is 0 Å². The predicted octanol–water partition coefficient (Wildman–Crippen LogP) is 2.27. The third-order valence-electron chi connectivity index (χ3n) is 5.03. The van der Waals surface area contributed by atoms with Gasteiger partial charge in [-0.3, -0.25) is 19.4 Å². The third-order valence-corrected chi connectivity index (χ3v) is 5.03. The first kappa shape index (κ1) is 19.6. The van der Waals surface area contributed by atoms with Crippen molar-refractivity contribution in [3.8, 4) is 0 Å². The van der Waals surface area contributed by atoms with Crippen molar-refractivity contribution in [2.75, 3.05) is 6.54 Å². The van der Waals surface area contributed by atoms with E-state index in [1.54, 1.807) is 24.5 Å². The molecule has 146 valence electrons. The Labute approximate surface area is 162 Å². The van der Waals surface area contributed by atoms with E-state index in [1.807, 2.05) is 26.0 Å². The number of aromatic nitrogens is 1. The number of nitrogens with one attached hydrogen (secondary N) is 1. The Morgan fingerprint density at radius 2 is 2.00 bits per heavy atom. The summed E-state index contributed by atoms with van der Waals surface area (Å²) >= 11 is 0. The molecule has 2 aromatic rings. The fraction of sp³-hybridized carbons (Fsp3) is 0.400. The van der Waals surface area contributed by atoms with Crippen LogP contribution in [0.15, 0.2) is 41.8 Å². The van der Waals surface area contributed by atoms with E-state index >= 15 is 0 Å². The minimum atomic E-state index is -0.846. The number of carbonyl (C=O) groups is 3. The first-order valence-electron chi connectivity index (χ1n) is 9.24. The van der Waals surface area contributed by atoms with Crippen molar-refractivity contribution in [2.24, 2.45) is 11.1 Å². The van der Waals surface area contributed by atoms with Gasteiger partial charge in [-0.05, 0) is 42.3 Å². The number of fused-ring (bicyclic) bond motifs is 1. The first-order chi connectivity index (χ1) is 13.4. The second-order valence-corrected chi connectivity index (χ2v) is 7.25. The highest BCUT2D eigenvalue weighted by atomic mass is 16.3. The molecule has 0 bridgehead atoms. The van der Waals surface area contributed by atoms with Crippen molar-refractivity contribution in [1.82, 2.24) is 15.2 Å². The number of pyridine rings is 1. The topological polar surface area (TPSA) is 109 Å². The van der Waals surface area contributed by atoms with Crippen LogP contribution in [-0.2, 0) is 9.59 Å². The average molecular weight is 382 g/mol. The molecule has 1 aliphatic rings. The average Bonchev–Trinajstić information content (AvgIpc) is 3.20. The maximum Gasteiger partial charge on any atom is 0.308 e. The number of nitroso groups, excluding NO2 is 1. The van der Waals surface area contributed by atoms with Crippen LogP contribution in [0.4, 0.5) is 0 Å². The summed E-state index contributed by atoms with van der Waals surface area (Å²) in [4.78, 5) is 53.5. The molecule has 0 aliphatic carbocycles. The predicted molar refractivity (Wildman–Crippen MR) is 103 cm³/mol. The molecule has 1 N–H and O–H groups in total. The minimum Gasteiger partial charge on any atom is -0.340 e. The minimum absolute atomic E-state index is 0.195. The van der Waals surface area contributed by atoms with Crippen LogP contribution in [0.5, 0.6) is 0 Å². The summed E-state index contributed by atoms with van der Waals surface area (Å²) in [5, 5.41) is 7.03. The number of rotatable bonds is 5. The van der Waals surface area contributed by atoms with Gasteiger partial charge in [-0.25, -0.2) is 0 Å². The largest absolute Gasteiger partial charge is 0.340 e. The van der Waals surface area contributed by atoms with Crippen LogP contribution < -0.4 is 5.32 Å². The summed E-state index contributed by atoms with van der Waals surface area (Å²) in [6.07, 6.45) is 4.38. The van der Waals surface area contributed by atoms with Gasteiger partial charge in [0.1, 0.15) is 12.1 Å². The van der Waals surface area contributed by atoms with Gasteiger partial charge in [0.25, 0.3) is 5.91 Å². The zero-order valence-electron chi connectivity index (χ0n) is 15.8. The van der Waals surface area contributed by atoms with E-state index in [2.05, 4.69) is 15.5 Å². The summed E-state index contributed by atoms with van der Waals surface area (Å²) in [6, 6.07) is 5.44. The fourth-order valence-corrected chi connectivity index (χ4v) is 3.49. The Bertz CT molecular complexity index is 927. The molecule has 2 atom stereocenters. The summed E-state index contributed by atoms with van der Waals surface area (Å²) < 4.78 is 0. The lowest BCUT2D eigenvalue weighted by Crippen LogP contribution is -2.53. The number of carbonyl (C=O) groups excluding carboxylic acids is 3. The Hall–Kier alpha value is -3.16. The van der Waals surface area contributed by atoms with Gasteiger partial charge in [-0.2, -0.15) is 0 Å². The van der Waals surface area contributed by atoms with E-state index in [-0.39, 0.29) is 17.7 Å². The van der Waals surface area contributed by atoms with Crippen molar-refractivity contribution >= 4 is 28.5 Å². The van der Waals surface area contributed by atoms with Gasteiger partial charge in [-0.15, -0.1) is 4.91 Å². The number of likely N-dealkylation sites (tertiary alicyclic amines) is 1. The standard InChI is InChI=1S/C20H22N4O4/c1-12(2)17(20(27)24-9-3-4-16(24)19(26)23-28)22-18(25)14-6-5-13-7-8-21-11-15(13)10-14/h5-8,10-12,16-17H,3-4,9H2,1-2H3,(H,22,25)/t16-,17-/m0/s1. The molecule has 0 saturated carbocycles. The van der Waals surface area contributed by atoms with E-state index in [1.165, 1.54) is 4.90 Å². The number of nitrogens with zero attached hydrogens (tertiary/aromatic N) is 3. The molecule has 1 aliphatic heterocycles. The molecular formula is C20H22N4O4. The second-order valence-electron chi connectivity index (χ2n) is 7.25. The Balaban J connectivity index is 1.79. The zero-order valence-corrected chi connectivity index (χ0v) is 15.8. The highest BCUT2D eigenvalue weighted by Crippen LogP contribution is 2.22. The van der Waals surface area contributed by atoms with Gasteiger partial charge in [0.2, 0.25) is 5.91 Å². The Morgan fingerprint density at radius 3 is 2.71 bits per heavy atom. The Kier molecular flexibility index (Phi) is 5.77. The molecule has 0 radical (unpaired) electrons. The van der Waals surface area contributed by atoms with Gasteiger partial charge in [0, 0.05) is 35.1 Å². The smallest absolute Gasteiger partial charge is 0.308 e. The first-order valence-corrected chi connectivity index (χ1v) is 9.24. The molecule has 28 heavy (non-hydrogen) atoms. The molecule has 1 aromatic heterocycles. The van der Waals surface area contributed by atoms with Crippen LogP contribution in [0.3, 0.4) is 0 Å². The molecule has 3 amide bonds. The monoisotopic (exact) mass is 382 g/mol. The van der Waals surface area contributed by atoms with Gasteiger partial charge in [-0.1, -0.05) is 19.9 Å². The normalized spacial score (nSPS) is 17.5. The molecule has 8 heteroatoms. The molecule has 8 nitrogen and oxygen atoms in total. The lowest BCUT2D eigenvalue weighted by Gasteiger charge is -2.29. The van der Waals surface area contributed by atoms with Gasteiger partial charge in [0.15, 0.2) is 0 Å². The van der Waals surface area contributed by atoms with E-state index < -0.39 is 18.0 Å². The number of amides is 3. The molecular weight excluding hydrogens is 360 g/mol. The summed E-state index contributed by atoms with van der Waals surface area (Å²) in [5.74, 6) is -1.79. The molecule has 0 spiro atoms. The summed E-state index contributed by atoms with van der Waals surface area (Å²) in [5.41, 5.74) is 0.419. The molecule has 0 unspecified atom stereocenters. The zero-order chi connectivity index (χ0) is 20.3. The third kappa shape index (κ3) is 3.90.